The summed E-state index contributed by atoms with van der Waals surface area (Å²) < 4.78 is 5.22. The number of rotatable bonds is 5. The molecule has 27 heavy (non-hydrogen) atoms. The van der Waals surface area contributed by atoms with Gasteiger partial charge < -0.3 is 4.74 Å². The summed E-state index contributed by atoms with van der Waals surface area (Å²) in [6, 6.07) is 16.4. The normalized spacial score (nSPS) is 19.5. The number of hydrogen-bond acceptors (Lipinski definition) is 3. The van der Waals surface area contributed by atoms with Crippen LogP contribution < -0.4 is 0 Å². The molecule has 0 heterocycles. The van der Waals surface area contributed by atoms with Gasteiger partial charge in [-0.1, -0.05) is 61.0 Å². The molecule has 0 amide bonds. The monoisotopic (exact) mass is 362 g/mol. The minimum atomic E-state index is -0.772. The molecule has 3 nitrogen and oxygen atoms in total. The van der Waals surface area contributed by atoms with Crippen LogP contribution in [-0.2, 0) is 20.7 Å². The van der Waals surface area contributed by atoms with Gasteiger partial charge >= 0.3 is 5.97 Å². The van der Waals surface area contributed by atoms with Crippen molar-refractivity contribution in [3.63, 3.8) is 0 Å². The van der Waals surface area contributed by atoms with E-state index in [2.05, 4.69) is 19.1 Å². The van der Waals surface area contributed by atoms with E-state index in [4.69, 9.17) is 4.74 Å². The Labute approximate surface area is 161 Å². The maximum Gasteiger partial charge on any atom is 0.317 e. The lowest BCUT2D eigenvalue weighted by Crippen LogP contribution is -2.34. The topological polar surface area (TPSA) is 43.4 Å². The lowest BCUT2D eigenvalue weighted by Gasteiger charge is -2.29. The van der Waals surface area contributed by atoms with E-state index < -0.39 is 11.9 Å². The highest BCUT2D eigenvalue weighted by molar-refractivity contribution is 6.10. The number of aryl methyl sites for hydroxylation is 2. The highest BCUT2D eigenvalue weighted by Crippen LogP contribution is 2.40. The Bertz CT molecular complexity index is 844. The van der Waals surface area contributed by atoms with Crippen LogP contribution in [0.3, 0.4) is 0 Å². The molecular formula is C24H26O3. The second kappa shape index (κ2) is 8.34. The van der Waals surface area contributed by atoms with E-state index in [0.29, 0.717) is 6.42 Å². The number of carbonyl (C=O) groups excluding carboxylic acids is 2. The molecule has 0 radical (unpaired) electrons. The Hall–Kier alpha value is -2.68. The summed E-state index contributed by atoms with van der Waals surface area (Å²) in [5, 5.41) is 0. The summed E-state index contributed by atoms with van der Waals surface area (Å²) in [5.41, 5.74) is 5.44. The average Bonchev–Trinajstić information content (AvgIpc) is 2.68. The Kier molecular flexibility index (Phi) is 5.90. The van der Waals surface area contributed by atoms with E-state index in [1.165, 1.54) is 11.1 Å². The second-order valence-electron chi connectivity index (χ2n) is 7.07. The standard InChI is InChI=1S/C24H26O3/c1-4-17-8-12-19(13-9-17)21-14-20(18-10-6-16(3)7-11-18)15-22(25)23(21)24(26)27-5-2/h6-13,15,21,23H,4-5,14H2,1-3H3/t21-,23+/m0/s1. The number of ether oxygens (including phenoxy) is 1. The van der Waals surface area contributed by atoms with Gasteiger partial charge in [-0.15, -0.1) is 0 Å². The van der Waals surface area contributed by atoms with Crippen molar-refractivity contribution in [1.82, 2.24) is 0 Å². The van der Waals surface area contributed by atoms with Crippen molar-refractivity contribution >= 4 is 17.3 Å². The smallest absolute Gasteiger partial charge is 0.317 e. The van der Waals surface area contributed by atoms with Crippen molar-refractivity contribution < 1.29 is 14.3 Å². The first-order chi connectivity index (χ1) is 13.0. The maximum atomic E-state index is 12.9. The van der Waals surface area contributed by atoms with Gasteiger partial charge in [0.1, 0.15) is 5.92 Å². The maximum absolute atomic E-state index is 12.9. The third-order valence-corrected chi connectivity index (χ3v) is 5.24. The number of allylic oxidation sites excluding steroid dienone is 2. The molecule has 2 aromatic carbocycles. The molecular weight excluding hydrogens is 336 g/mol. The number of carbonyl (C=O) groups is 2. The number of esters is 1. The van der Waals surface area contributed by atoms with Crippen LogP contribution in [0.5, 0.6) is 0 Å². The van der Waals surface area contributed by atoms with Crippen LogP contribution in [0.15, 0.2) is 54.6 Å². The van der Waals surface area contributed by atoms with Gasteiger partial charge in [-0.25, -0.2) is 0 Å². The van der Waals surface area contributed by atoms with Crippen LogP contribution in [0.25, 0.3) is 5.57 Å². The zero-order valence-electron chi connectivity index (χ0n) is 16.2. The minimum absolute atomic E-state index is 0.167. The van der Waals surface area contributed by atoms with E-state index in [-0.39, 0.29) is 18.3 Å². The Morgan fingerprint density at radius 1 is 1.04 bits per heavy atom. The molecule has 0 aliphatic heterocycles. The molecule has 3 heteroatoms. The first kappa shape index (κ1) is 19.1. The molecule has 1 aliphatic rings. The van der Waals surface area contributed by atoms with Gasteiger partial charge in [0.25, 0.3) is 0 Å². The van der Waals surface area contributed by atoms with Crippen LogP contribution in [0.1, 0.15) is 48.4 Å². The molecule has 0 saturated heterocycles. The summed E-state index contributed by atoms with van der Waals surface area (Å²) in [5.74, 6) is -1.57. The molecule has 0 N–H and O–H groups in total. The third-order valence-electron chi connectivity index (χ3n) is 5.24. The SMILES string of the molecule is CCOC(=O)[C@H]1C(=O)C=C(c2ccc(C)cc2)C[C@H]1c1ccc(CC)cc1. The van der Waals surface area contributed by atoms with E-state index in [1.807, 2.05) is 43.3 Å². The van der Waals surface area contributed by atoms with Crippen LogP contribution >= 0.6 is 0 Å². The van der Waals surface area contributed by atoms with E-state index in [1.54, 1.807) is 13.0 Å². The van der Waals surface area contributed by atoms with Crippen molar-refractivity contribution in [3.05, 3.63) is 76.9 Å². The van der Waals surface area contributed by atoms with Crippen molar-refractivity contribution in [2.24, 2.45) is 5.92 Å². The zero-order chi connectivity index (χ0) is 19.4. The first-order valence-corrected chi connectivity index (χ1v) is 9.60. The van der Waals surface area contributed by atoms with Gasteiger partial charge in [-0.2, -0.15) is 0 Å². The van der Waals surface area contributed by atoms with Gasteiger partial charge in [-0.05, 0) is 55.0 Å². The number of benzene rings is 2. The van der Waals surface area contributed by atoms with Crippen molar-refractivity contribution in [1.29, 1.82) is 0 Å². The first-order valence-electron chi connectivity index (χ1n) is 9.60. The lowest BCUT2D eigenvalue weighted by atomic mass is 9.73. The number of hydrogen-bond donors (Lipinski definition) is 0. The molecule has 0 saturated carbocycles. The fourth-order valence-corrected chi connectivity index (χ4v) is 3.67. The van der Waals surface area contributed by atoms with Crippen LogP contribution in [0.4, 0.5) is 0 Å². The second-order valence-corrected chi connectivity index (χ2v) is 7.07. The van der Waals surface area contributed by atoms with Gasteiger partial charge in [0.2, 0.25) is 0 Å². The predicted octanol–water partition coefficient (Wildman–Crippen LogP) is 4.88. The lowest BCUT2D eigenvalue weighted by molar-refractivity contribution is -0.151. The Balaban J connectivity index is 1.99. The highest BCUT2D eigenvalue weighted by Gasteiger charge is 2.39. The molecule has 2 aromatic rings. The summed E-state index contributed by atoms with van der Waals surface area (Å²) in [4.78, 5) is 25.4. The number of ketones is 1. The molecule has 2 atom stereocenters. The van der Waals surface area contributed by atoms with Gasteiger partial charge in [-0.3, -0.25) is 9.59 Å². The summed E-state index contributed by atoms with van der Waals surface area (Å²) >= 11 is 0. The minimum Gasteiger partial charge on any atom is -0.465 e. The molecule has 3 rings (SSSR count). The molecule has 0 aromatic heterocycles. The molecule has 0 spiro atoms. The zero-order valence-corrected chi connectivity index (χ0v) is 16.2. The van der Waals surface area contributed by atoms with Crippen molar-refractivity contribution in [3.8, 4) is 0 Å². The molecule has 0 unspecified atom stereocenters. The molecule has 140 valence electrons. The largest absolute Gasteiger partial charge is 0.465 e. The van der Waals surface area contributed by atoms with E-state index >= 15 is 0 Å². The molecule has 1 aliphatic carbocycles. The van der Waals surface area contributed by atoms with Crippen LogP contribution in [-0.4, -0.2) is 18.4 Å². The summed E-state index contributed by atoms with van der Waals surface area (Å²) in [6.45, 7) is 6.19. The van der Waals surface area contributed by atoms with Gasteiger partial charge in [0.05, 0.1) is 6.61 Å². The van der Waals surface area contributed by atoms with Crippen LogP contribution in [0.2, 0.25) is 0 Å². The van der Waals surface area contributed by atoms with Crippen molar-refractivity contribution in [2.75, 3.05) is 6.61 Å². The quantitative estimate of drug-likeness (QED) is 0.562. The molecule has 0 bridgehead atoms. The average molecular weight is 362 g/mol. The van der Waals surface area contributed by atoms with Crippen LogP contribution in [0, 0.1) is 12.8 Å². The van der Waals surface area contributed by atoms with Gasteiger partial charge in [0.15, 0.2) is 5.78 Å². The fraction of sp³-hybridized carbons (Fsp3) is 0.333. The third kappa shape index (κ3) is 4.19. The van der Waals surface area contributed by atoms with E-state index in [0.717, 1.165) is 23.1 Å². The summed E-state index contributed by atoms with van der Waals surface area (Å²) in [7, 11) is 0. The van der Waals surface area contributed by atoms with Gasteiger partial charge in [0, 0.05) is 5.92 Å². The Morgan fingerprint density at radius 2 is 1.70 bits per heavy atom. The molecule has 0 fully saturated rings. The Morgan fingerprint density at radius 3 is 2.30 bits per heavy atom. The fourth-order valence-electron chi connectivity index (χ4n) is 3.67. The predicted molar refractivity (Wildman–Crippen MR) is 107 cm³/mol. The van der Waals surface area contributed by atoms with E-state index in [9.17, 15) is 9.59 Å². The highest BCUT2D eigenvalue weighted by atomic mass is 16.5. The summed E-state index contributed by atoms with van der Waals surface area (Å²) in [6.07, 6.45) is 3.23. The van der Waals surface area contributed by atoms with Crippen molar-refractivity contribution in [2.45, 2.75) is 39.5 Å².